The van der Waals surface area contributed by atoms with E-state index in [9.17, 15) is 0 Å². The van der Waals surface area contributed by atoms with Gasteiger partial charge >= 0.3 is 0 Å². The zero-order valence-electron chi connectivity index (χ0n) is 28.1. The summed E-state index contributed by atoms with van der Waals surface area (Å²) in [4.78, 5) is 0. The maximum absolute atomic E-state index is 6.81. The molecule has 11 aromatic rings. The number of allylic oxidation sites excluding steroid dienone is 1. The molecule has 0 saturated heterocycles. The molecule has 12 rings (SSSR count). The van der Waals surface area contributed by atoms with Crippen molar-refractivity contribution in [3.63, 3.8) is 0 Å². The molecule has 0 radical (unpaired) electrons. The van der Waals surface area contributed by atoms with E-state index in [1.54, 1.807) is 0 Å². The van der Waals surface area contributed by atoms with E-state index in [4.69, 9.17) is 8.83 Å². The van der Waals surface area contributed by atoms with Gasteiger partial charge in [-0.1, -0.05) is 84.9 Å². The maximum atomic E-state index is 6.81. The van der Waals surface area contributed by atoms with Crippen LogP contribution in [-0.2, 0) is 6.42 Å². The fourth-order valence-electron chi connectivity index (χ4n) is 8.90. The largest absolute Gasteiger partial charge is 0.460 e. The Balaban J connectivity index is 1.15. The minimum Gasteiger partial charge on any atom is -0.460 e. The number of furan rings is 2. The first-order valence-corrected chi connectivity index (χ1v) is 18.0. The van der Waals surface area contributed by atoms with E-state index < -0.39 is 0 Å². The van der Waals surface area contributed by atoms with Crippen molar-refractivity contribution in [2.24, 2.45) is 0 Å². The highest BCUT2D eigenvalue weighted by atomic mass is 16.3. The lowest BCUT2D eigenvalue weighted by Crippen LogP contribution is -1.94. The average molecular weight is 667 g/mol. The van der Waals surface area contributed by atoms with Crippen molar-refractivity contribution in [2.75, 3.05) is 0 Å². The molecule has 52 heavy (non-hydrogen) atoms. The van der Waals surface area contributed by atoms with Crippen LogP contribution in [0.4, 0.5) is 0 Å². The van der Waals surface area contributed by atoms with E-state index in [-0.39, 0.29) is 0 Å². The number of fused-ring (bicyclic) bond motifs is 13. The van der Waals surface area contributed by atoms with E-state index in [1.165, 1.54) is 49.3 Å². The van der Waals surface area contributed by atoms with Crippen molar-refractivity contribution in [3.8, 4) is 22.5 Å². The molecule has 0 N–H and O–H groups in total. The van der Waals surface area contributed by atoms with Crippen LogP contribution in [-0.4, -0.2) is 9.13 Å². The van der Waals surface area contributed by atoms with E-state index in [1.807, 2.05) is 6.07 Å². The first-order chi connectivity index (χ1) is 25.8. The first kappa shape index (κ1) is 28.0. The zero-order chi connectivity index (χ0) is 33.9. The molecule has 0 atom stereocenters. The molecule has 7 aromatic carbocycles. The fraction of sp³-hybridized carbons (Fsp3) is 0.0417. The topological polar surface area (TPSA) is 36.1 Å². The Morgan fingerprint density at radius 1 is 0.462 bits per heavy atom. The molecule has 4 heteroatoms. The van der Waals surface area contributed by atoms with Gasteiger partial charge in [-0.3, -0.25) is 0 Å². The minimum atomic E-state index is 0.882. The van der Waals surface area contributed by atoms with Crippen LogP contribution in [0.5, 0.6) is 0 Å². The molecule has 0 saturated carbocycles. The number of nitrogens with zero attached hydrogens (tertiary/aromatic N) is 2. The van der Waals surface area contributed by atoms with Gasteiger partial charge in [0.25, 0.3) is 0 Å². The highest BCUT2D eigenvalue weighted by Gasteiger charge is 2.24. The summed E-state index contributed by atoms with van der Waals surface area (Å²) in [5.41, 5.74) is 13.2. The number of hydrogen-bond acceptors (Lipinski definition) is 2. The lowest BCUT2D eigenvalue weighted by molar-refractivity contribution is 0.549. The van der Waals surface area contributed by atoms with Crippen LogP contribution in [0.1, 0.15) is 17.7 Å². The third-order valence-corrected chi connectivity index (χ3v) is 11.2. The number of rotatable bonds is 3. The summed E-state index contributed by atoms with van der Waals surface area (Å²) in [6.07, 6.45) is 6.42. The van der Waals surface area contributed by atoms with Crippen molar-refractivity contribution < 1.29 is 8.83 Å². The normalized spacial score (nSPS) is 13.2. The number of hydrogen-bond donors (Lipinski definition) is 0. The second-order valence-corrected chi connectivity index (χ2v) is 14.0. The molecule has 0 amide bonds. The van der Waals surface area contributed by atoms with Gasteiger partial charge in [0.15, 0.2) is 0 Å². The van der Waals surface area contributed by atoms with Crippen LogP contribution in [0.25, 0.3) is 105 Å². The van der Waals surface area contributed by atoms with Crippen LogP contribution in [0.15, 0.2) is 161 Å². The van der Waals surface area contributed by atoms with E-state index in [0.717, 1.165) is 73.9 Å². The lowest BCUT2D eigenvalue weighted by atomic mass is 9.99. The highest BCUT2D eigenvalue weighted by molar-refractivity contribution is 6.22. The second kappa shape index (κ2) is 10.4. The molecule has 1 aliphatic rings. The third-order valence-electron chi connectivity index (χ3n) is 11.2. The molecule has 0 unspecified atom stereocenters. The van der Waals surface area contributed by atoms with Crippen LogP contribution < -0.4 is 0 Å². The van der Waals surface area contributed by atoms with Gasteiger partial charge in [-0.25, -0.2) is 0 Å². The number of benzene rings is 7. The Kier molecular flexibility index (Phi) is 5.58. The van der Waals surface area contributed by atoms with Gasteiger partial charge in [0.05, 0.1) is 38.5 Å². The van der Waals surface area contributed by atoms with Crippen molar-refractivity contribution in [2.45, 2.75) is 12.8 Å². The summed E-state index contributed by atoms with van der Waals surface area (Å²) in [5.74, 6) is 1.07. The van der Waals surface area contributed by atoms with Gasteiger partial charge in [0.2, 0.25) is 0 Å². The third kappa shape index (κ3) is 3.76. The van der Waals surface area contributed by atoms with E-state index >= 15 is 0 Å². The molecular weight excluding hydrogens is 637 g/mol. The summed E-state index contributed by atoms with van der Waals surface area (Å²) in [6, 6.07) is 52.5. The quantitative estimate of drug-likeness (QED) is 0.188. The summed E-state index contributed by atoms with van der Waals surface area (Å²) in [5, 5.41) is 8.20. The molecule has 4 aromatic heterocycles. The number of aromatic nitrogens is 2. The second-order valence-electron chi connectivity index (χ2n) is 14.0. The predicted molar refractivity (Wildman–Crippen MR) is 215 cm³/mol. The molecule has 4 nitrogen and oxygen atoms in total. The van der Waals surface area contributed by atoms with Crippen molar-refractivity contribution in [3.05, 3.63) is 163 Å². The molecule has 244 valence electrons. The molecule has 0 fully saturated rings. The van der Waals surface area contributed by atoms with Gasteiger partial charge in [-0.05, 0) is 90.3 Å². The molecular formula is C48H30N2O2. The summed E-state index contributed by atoms with van der Waals surface area (Å²) >= 11 is 0. The Hall–Kier alpha value is -6.78. The van der Waals surface area contributed by atoms with Crippen LogP contribution in [0.3, 0.4) is 0 Å². The van der Waals surface area contributed by atoms with E-state index in [2.05, 4.69) is 161 Å². The molecule has 0 spiro atoms. The van der Waals surface area contributed by atoms with E-state index in [0.29, 0.717) is 0 Å². The minimum absolute atomic E-state index is 0.882. The molecule has 0 bridgehead atoms. The lowest BCUT2D eigenvalue weighted by Gasteiger charge is -2.10. The van der Waals surface area contributed by atoms with Crippen LogP contribution in [0, 0.1) is 0 Å². The summed E-state index contributed by atoms with van der Waals surface area (Å²) < 4.78 is 18.0. The number of aryl methyl sites for hydroxylation is 1. The summed E-state index contributed by atoms with van der Waals surface area (Å²) in [7, 11) is 0. The predicted octanol–water partition coefficient (Wildman–Crippen LogP) is 13.2. The van der Waals surface area contributed by atoms with Gasteiger partial charge < -0.3 is 18.0 Å². The Bertz CT molecular complexity index is 3290. The van der Waals surface area contributed by atoms with Gasteiger partial charge in [-0.15, -0.1) is 0 Å². The number of para-hydroxylation sites is 3. The average Bonchev–Trinajstić information content (AvgIpc) is 3.95. The standard InChI is InChI=1S/C48H30N2O2/c1-2-11-31(12-3-1)49-38-16-7-4-13-32(38)36-27-29(21-24-39(36)49)30-22-25-40-37(28-30)47-42(26-23-34-33-14-5-8-18-43(33)52-48(34)47)50(40)41-17-10-20-45-46(41)35-15-6-9-19-44(35)51-45/h1-7,9-17,19-28H,8,18H2. The van der Waals surface area contributed by atoms with Crippen molar-refractivity contribution in [1.29, 1.82) is 0 Å². The Morgan fingerprint density at radius 2 is 1.17 bits per heavy atom. The monoisotopic (exact) mass is 666 g/mol. The molecule has 4 heterocycles. The van der Waals surface area contributed by atoms with Crippen LogP contribution in [0.2, 0.25) is 0 Å². The molecule has 0 aliphatic heterocycles. The SMILES string of the molecule is C1=Cc2c(oc3c2ccc2c3c3cc(-c4ccc5c(c4)c4ccccc4n5-c4ccccc4)ccc3n2-c2cccc3oc4ccccc4c23)CC1. The zero-order valence-corrected chi connectivity index (χ0v) is 28.1. The molecule has 1 aliphatic carbocycles. The van der Waals surface area contributed by atoms with Gasteiger partial charge in [0, 0.05) is 44.6 Å². The Morgan fingerprint density at radius 3 is 2.06 bits per heavy atom. The van der Waals surface area contributed by atoms with Gasteiger partial charge in [0.1, 0.15) is 22.5 Å². The van der Waals surface area contributed by atoms with Crippen molar-refractivity contribution in [1.82, 2.24) is 9.13 Å². The first-order valence-electron chi connectivity index (χ1n) is 18.0. The Labute approximate surface area is 298 Å². The smallest absolute Gasteiger partial charge is 0.144 e. The van der Waals surface area contributed by atoms with Crippen molar-refractivity contribution >= 4 is 82.6 Å². The maximum Gasteiger partial charge on any atom is 0.144 e. The highest BCUT2D eigenvalue weighted by Crippen LogP contribution is 2.45. The van der Waals surface area contributed by atoms with Crippen LogP contribution >= 0.6 is 0 Å². The summed E-state index contributed by atoms with van der Waals surface area (Å²) in [6.45, 7) is 0. The fourth-order valence-corrected chi connectivity index (χ4v) is 8.90. The van der Waals surface area contributed by atoms with Gasteiger partial charge in [-0.2, -0.15) is 0 Å².